The molecule has 0 saturated carbocycles. The number of halogens is 2. The number of hydrogen-bond acceptors (Lipinski definition) is 8. The lowest BCUT2D eigenvalue weighted by molar-refractivity contribution is -0.122. The molecule has 4 rings (SSSR count). The van der Waals surface area contributed by atoms with Crippen LogP contribution in [0.4, 0.5) is 5.13 Å². The number of aromatic nitrogens is 2. The van der Waals surface area contributed by atoms with Crippen LogP contribution in [-0.4, -0.2) is 37.8 Å². The van der Waals surface area contributed by atoms with E-state index < -0.39 is 0 Å². The molecule has 180 valence electrons. The van der Waals surface area contributed by atoms with Crippen LogP contribution in [0.5, 0.6) is 0 Å². The Hall–Kier alpha value is -1.95. The van der Waals surface area contributed by atoms with Crippen molar-refractivity contribution in [3.05, 3.63) is 74.6 Å². The van der Waals surface area contributed by atoms with Crippen LogP contribution >= 0.6 is 70.3 Å². The van der Waals surface area contributed by atoms with E-state index in [-0.39, 0.29) is 18.2 Å². The maximum atomic E-state index is 12.7. The van der Waals surface area contributed by atoms with Crippen LogP contribution in [0.2, 0.25) is 10.0 Å². The van der Waals surface area contributed by atoms with Gasteiger partial charge in [0, 0.05) is 28.8 Å². The zero-order valence-corrected chi connectivity index (χ0v) is 22.8. The average Bonchev–Trinajstić information content (AvgIpc) is 3.39. The molecule has 1 aliphatic heterocycles. The molecule has 0 aliphatic carbocycles. The summed E-state index contributed by atoms with van der Waals surface area (Å²) in [7, 11) is 0. The number of benzene rings is 2. The van der Waals surface area contributed by atoms with Gasteiger partial charge in [-0.3, -0.25) is 14.5 Å². The number of rotatable bonds is 9. The quantitative estimate of drug-likeness (QED) is 0.130. The summed E-state index contributed by atoms with van der Waals surface area (Å²) >= 11 is 21.5. The molecule has 0 atom stereocenters. The third-order valence-corrected chi connectivity index (χ3v) is 8.81. The Labute approximate surface area is 230 Å². The third-order valence-electron chi connectivity index (χ3n) is 4.79. The molecule has 1 saturated heterocycles. The van der Waals surface area contributed by atoms with Crippen molar-refractivity contribution in [1.82, 2.24) is 15.1 Å². The molecule has 3 aromatic rings. The van der Waals surface area contributed by atoms with Crippen molar-refractivity contribution in [3.8, 4) is 0 Å². The minimum Gasteiger partial charge on any atom is -0.301 e. The fraction of sp³-hybridized carbons (Fsp3) is 0.174. The van der Waals surface area contributed by atoms with Gasteiger partial charge in [-0.25, -0.2) is 0 Å². The molecule has 1 N–H and O–H groups in total. The topological polar surface area (TPSA) is 75.2 Å². The van der Waals surface area contributed by atoms with Gasteiger partial charge in [-0.2, -0.15) is 0 Å². The van der Waals surface area contributed by atoms with E-state index in [9.17, 15) is 9.59 Å². The first-order chi connectivity index (χ1) is 16.9. The molecule has 2 aromatic carbocycles. The summed E-state index contributed by atoms with van der Waals surface area (Å²) in [6, 6.07) is 14.9. The van der Waals surface area contributed by atoms with Gasteiger partial charge in [0.15, 0.2) is 4.34 Å². The maximum absolute atomic E-state index is 12.7. The Balaban J connectivity index is 1.23. The number of amides is 2. The lowest BCUT2D eigenvalue weighted by atomic mass is 10.2. The Morgan fingerprint density at radius 3 is 2.69 bits per heavy atom. The molecule has 0 unspecified atom stereocenters. The Kier molecular flexibility index (Phi) is 9.21. The molecule has 12 heteroatoms. The highest BCUT2D eigenvalue weighted by molar-refractivity contribution is 8.26. The largest absolute Gasteiger partial charge is 0.301 e. The van der Waals surface area contributed by atoms with Gasteiger partial charge in [0.25, 0.3) is 5.91 Å². The van der Waals surface area contributed by atoms with E-state index in [1.807, 2.05) is 36.4 Å². The lowest BCUT2D eigenvalue weighted by Gasteiger charge is -2.13. The second kappa shape index (κ2) is 12.3. The molecule has 0 bridgehead atoms. The van der Waals surface area contributed by atoms with Crippen LogP contribution in [0, 0.1) is 0 Å². The summed E-state index contributed by atoms with van der Waals surface area (Å²) < 4.78 is 1.23. The number of thioether (sulfide) groups is 2. The van der Waals surface area contributed by atoms with Crippen LogP contribution in [0.15, 0.2) is 57.8 Å². The number of carbonyl (C=O) groups is 2. The van der Waals surface area contributed by atoms with E-state index in [1.54, 1.807) is 18.2 Å². The highest BCUT2D eigenvalue weighted by Gasteiger charge is 2.31. The highest BCUT2D eigenvalue weighted by atomic mass is 35.5. The normalized spacial score (nSPS) is 14.7. The zero-order chi connectivity index (χ0) is 24.8. The van der Waals surface area contributed by atoms with Crippen molar-refractivity contribution in [3.63, 3.8) is 0 Å². The molecule has 1 fully saturated rings. The Morgan fingerprint density at radius 2 is 1.91 bits per heavy atom. The molecule has 2 amide bonds. The average molecular weight is 582 g/mol. The van der Waals surface area contributed by atoms with Crippen LogP contribution in [-0.2, 0) is 15.3 Å². The Morgan fingerprint density at radius 1 is 1.14 bits per heavy atom. The van der Waals surface area contributed by atoms with Crippen LogP contribution in [0.3, 0.4) is 0 Å². The summed E-state index contributed by atoms with van der Waals surface area (Å²) in [6.07, 6.45) is 2.49. The number of carbonyl (C=O) groups excluding carboxylic acids is 2. The second-order valence-electron chi connectivity index (χ2n) is 7.29. The molecule has 0 radical (unpaired) electrons. The Bertz CT molecular complexity index is 1280. The van der Waals surface area contributed by atoms with E-state index in [0.717, 1.165) is 15.5 Å². The number of nitrogens with zero attached hydrogens (tertiary/aromatic N) is 3. The SMILES string of the molecule is O=C(CCCN1C(=O)/C(=C/c2ccc(Cl)cc2)SC1=S)Nc1nnc(SCc2ccccc2Cl)s1. The summed E-state index contributed by atoms with van der Waals surface area (Å²) in [5.41, 5.74) is 1.88. The maximum Gasteiger partial charge on any atom is 0.266 e. The van der Waals surface area contributed by atoms with Crippen molar-refractivity contribution in [2.24, 2.45) is 0 Å². The van der Waals surface area contributed by atoms with Crippen molar-refractivity contribution >= 4 is 97.6 Å². The van der Waals surface area contributed by atoms with E-state index in [0.29, 0.717) is 43.1 Å². The van der Waals surface area contributed by atoms with Gasteiger partial charge in [0.1, 0.15) is 4.32 Å². The fourth-order valence-corrected chi connectivity index (χ4v) is 6.54. The second-order valence-corrected chi connectivity index (χ2v) is 12.0. The van der Waals surface area contributed by atoms with E-state index in [1.165, 1.54) is 39.8 Å². The van der Waals surface area contributed by atoms with Crippen LogP contribution < -0.4 is 5.32 Å². The number of anilines is 1. The molecule has 2 heterocycles. The zero-order valence-electron chi connectivity index (χ0n) is 18.1. The standard InChI is InChI=1S/C23H18Cl2N4O2S4/c24-16-9-7-14(8-10-16)12-18-20(31)29(23(32)34-18)11-3-6-19(30)26-21-27-28-22(35-21)33-13-15-4-1-2-5-17(15)25/h1-2,4-5,7-10,12H,3,6,11,13H2,(H,26,27,30)/b18-12-. The smallest absolute Gasteiger partial charge is 0.266 e. The number of thiocarbonyl (C=S) groups is 1. The molecule has 1 aromatic heterocycles. The van der Waals surface area contributed by atoms with E-state index in [2.05, 4.69) is 15.5 Å². The minimum atomic E-state index is -0.189. The summed E-state index contributed by atoms with van der Waals surface area (Å²) in [5.74, 6) is 0.323. The van der Waals surface area contributed by atoms with Crippen molar-refractivity contribution < 1.29 is 9.59 Å². The van der Waals surface area contributed by atoms with E-state index in [4.69, 9.17) is 35.4 Å². The van der Waals surface area contributed by atoms with Crippen LogP contribution in [0.1, 0.15) is 24.0 Å². The summed E-state index contributed by atoms with van der Waals surface area (Å²) in [4.78, 5) is 27.2. The third kappa shape index (κ3) is 7.28. The van der Waals surface area contributed by atoms with Crippen molar-refractivity contribution in [2.45, 2.75) is 22.9 Å². The molecular weight excluding hydrogens is 563 g/mol. The first-order valence-corrected chi connectivity index (χ1v) is 14.2. The van der Waals surface area contributed by atoms with Crippen molar-refractivity contribution in [2.75, 3.05) is 11.9 Å². The minimum absolute atomic E-state index is 0.153. The fourth-order valence-electron chi connectivity index (χ4n) is 3.06. The molecular formula is C23H18Cl2N4O2S4. The molecule has 1 aliphatic rings. The molecule has 35 heavy (non-hydrogen) atoms. The molecule has 6 nitrogen and oxygen atoms in total. The molecule has 0 spiro atoms. The van der Waals surface area contributed by atoms with Crippen molar-refractivity contribution in [1.29, 1.82) is 0 Å². The number of hydrogen-bond donors (Lipinski definition) is 1. The van der Waals surface area contributed by atoms with E-state index >= 15 is 0 Å². The van der Waals surface area contributed by atoms with Gasteiger partial charge in [-0.1, -0.05) is 101 Å². The predicted octanol–water partition coefficient (Wildman–Crippen LogP) is 6.76. The lowest BCUT2D eigenvalue weighted by Crippen LogP contribution is -2.29. The van der Waals surface area contributed by atoms with Gasteiger partial charge in [0.05, 0.1) is 4.91 Å². The summed E-state index contributed by atoms with van der Waals surface area (Å²) in [6.45, 7) is 0.366. The van der Waals surface area contributed by atoms with Crippen LogP contribution in [0.25, 0.3) is 6.08 Å². The van der Waals surface area contributed by atoms with Gasteiger partial charge >= 0.3 is 0 Å². The monoisotopic (exact) mass is 580 g/mol. The van der Waals surface area contributed by atoms with Gasteiger partial charge < -0.3 is 5.32 Å². The van der Waals surface area contributed by atoms with Gasteiger partial charge in [-0.05, 0) is 41.8 Å². The van der Waals surface area contributed by atoms with Gasteiger partial charge in [0.2, 0.25) is 11.0 Å². The van der Waals surface area contributed by atoms with Gasteiger partial charge in [-0.15, -0.1) is 10.2 Å². The number of nitrogens with one attached hydrogen (secondary N) is 1. The summed E-state index contributed by atoms with van der Waals surface area (Å²) in [5, 5.41) is 12.7. The highest BCUT2D eigenvalue weighted by Crippen LogP contribution is 2.33. The first-order valence-electron chi connectivity index (χ1n) is 10.4. The first kappa shape index (κ1) is 26.1. The predicted molar refractivity (Wildman–Crippen MR) is 150 cm³/mol.